The summed E-state index contributed by atoms with van der Waals surface area (Å²) in [6.07, 6.45) is 1.85. The van der Waals surface area contributed by atoms with Crippen LogP contribution >= 0.6 is 0 Å². The minimum atomic E-state index is -0.414. The third-order valence-corrected chi connectivity index (χ3v) is 3.68. The van der Waals surface area contributed by atoms with E-state index >= 15 is 0 Å². The molecule has 2 rings (SSSR count). The van der Waals surface area contributed by atoms with Gasteiger partial charge >= 0.3 is 5.91 Å². The summed E-state index contributed by atoms with van der Waals surface area (Å²) in [5.41, 5.74) is 2.86. The number of nitrogens with zero attached hydrogens (tertiary/aromatic N) is 1. The molecule has 0 aliphatic carbocycles. The number of nitrogens with one attached hydrogen (secondary N) is 2. The molecule has 0 atom stereocenters. The summed E-state index contributed by atoms with van der Waals surface area (Å²) in [5.74, 6) is 5.74. The first-order valence-electron chi connectivity index (χ1n) is 7.09. The summed E-state index contributed by atoms with van der Waals surface area (Å²) in [6, 6.07) is 2.13. The van der Waals surface area contributed by atoms with Gasteiger partial charge in [-0.3, -0.25) is 19.9 Å². The van der Waals surface area contributed by atoms with Crippen LogP contribution in [0.15, 0.2) is 10.5 Å². The van der Waals surface area contributed by atoms with E-state index in [9.17, 15) is 9.59 Å². The molecule has 7 heteroatoms. The molecular formula is C14H22N4O3. The summed E-state index contributed by atoms with van der Waals surface area (Å²) in [5, 5.41) is 2.95. The fourth-order valence-electron chi connectivity index (χ4n) is 2.66. The first-order valence-corrected chi connectivity index (χ1v) is 7.09. The highest BCUT2D eigenvalue weighted by Gasteiger charge is 2.22. The van der Waals surface area contributed by atoms with Crippen molar-refractivity contribution in [2.75, 3.05) is 13.1 Å². The number of rotatable bonds is 4. The van der Waals surface area contributed by atoms with Crippen LogP contribution in [-0.2, 0) is 11.3 Å². The van der Waals surface area contributed by atoms with Crippen LogP contribution in [0, 0.1) is 6.92 Å². The van der Waals surface area contributed by atoms with E-state index in [1.807, 2.05) is 13.0 Å². The van der Waals surface area contributed by atoms with Gasteiger partial charge < -0.3 is 9.73 Å². The molecule has 2 heterocycles. The van der Waals surface area contributed by atoms with Crippen LogP contribution in [0.4, 0.5) is 0 Å². The van der Waals surface area contributed by atoms with E-state index in [1.54, 1.807) is 6.92 Å². The van der Waals surface area contributed by atoms with Gasteiger partial charge in [-0.1, -0.05) is 0 Å². The first-order chi connectivity index (χ1) is 9.99. The minimum Gasteiger partial charge on any atom is -0.454 e. The number of aryl methyl sites for hydroxylation is 1. The highest BCUT2D eigenvalue weighted by atomic mass is 16.4. The molecule has 0 aromatic carbocycles. The maximum absolute atomic E-state index is 11.5. The lowest BCUT2D eigenvalue weighted by Gasteiger charge is -2.31. The minimum absolute atomic E-state index is 0.0209. The lowest BCUT2D eigenvalue weighted by Crippen LogP contribution is -2.43. The smallest absolute Gasteiger partial charge is 0.301 e. The van der Waals surface area contributed by atoms with Gasteiger partial charge in [-0.25, -0.2) is 5.84 Å². The summed E-state index contributed by atoms with van der Waals surface area (Å²) >= 11 is 0. The van der Waals surface area contributed by atoms with E-state index in [-0.39, 0.29) is 17.7 Å². The van der Waals surface area contributed by atoms with Gasteiger partial charge in [-0.05, 0) is 25.8 Å². The second-order valence-corrected chi connectivity index (χ2v) is 5.45. The van der Waals surface area contributed by atoms with Crippen LogP contribution in [0.2, 0.25) is 0 Å². The van der Waals surface area contributed by atoms with Crippen molar-refractivity contribution in [3.8, 4) is 0 Å². The first kappa shape index (κ1) is 15.5. The van der Waals surface area contributed by atoms with E-state index in [0.717, 1.165) is 37.3 Å². The number of furan rings is 1. The van der Waals surface area contributed by atoms with Gasteiger partial charge in [-0.15, -0.1) is 0 Å². The van der Waals surface area contributed by atoms with Gasteiger partial charge in [0.25, 0.3) is 0 Å². The molecule has 1 aromatic rings. The Bertz CT molecular complexity index is 518. The Labute approximate surface area is 123 Å². The average Bonchev–Trinajstić information content (AvgIpc) is 2.80. The second kappa shape index (κ2) is 6.73. The van der Waals surface area contributed by atoms with Crippen molar-refractivity contribution in [2.45, 2.75) is 39.3 Å². The molecule has 7 nitrogen and oxygen atoms in total. The van der Waals surface area contributed by atoms with Crippen LogP contribution in [-0.4, -0.2) is 35.8 Å². The normalized spacial score (nSPS) is 16.7. The number of hydrogen-bond donors (Lipinski definition) is 3. The van der Waals surface area contributed by atoms with Crippen molar-refractivity contribution < 1.29 is 14.0 Å². The Morgan fingerprint density at radius 2 is 2.10 bits per heavy atom. The number of likely N-dealkylation sites (tertiary alicyclic amines) is 1. The molecule has 1 fully saturated rings. The molecule has 4 N–H and O–H groups in total. The highest BCUT2D eigenvalue weighted by Crippen LogP contribution is 2.19. The van der Waals surface area contributed by atoms with Gasteiger partial charge in [0.2, 0.25) is 5.91 Å². The molecule has 116 valence electrons. The average molecular weight is 294 g/mol. The molecule has 1 aliphatic heterocycles. The van der Waals surface area contributed by atoms with Crippen LogP contribution in [0.3, 0.4) is 0 Å². The molecule has 2 amide bonds. The Morgan fingerprint density at radius 1 is 1.43 bits per heavy atom. The summed E-state index contributed by atoms with van der Waals surface area (Å²) < 4.78 is 5.56. The Hall–Kier alpha value is -1.86. The molecule has 0 radical (unpaired) electrons. The van der Waals surface area contributed by atoms with Crippen LogP contribution in [0.5, 0.6) is 0 Å². The fraction of sp³-hybridized carbons (Fsp3) is 0.571. The van der Waals surface area contributed by atoms with Crippen molar-refractivity contribution in [1.29, 1.82) is 0 Å². The third kappa shape index (κ3) is 4.05. The van der Waals surface area contributed by atoms with Crippen LogP contribution < -0.4 is 16.6 Å². The molecule has 1 saturated heterocycles. The number of carbonyl (C=O) groups excluding carboxylic acids is 2. The van der Waals surface area contributed by atoms with Gasteiger partial charge in [0.15, 0.2) is 5.76 Å². The quantitative estimate of drug-likeness (QED) is 0.421. The molecule has 1 aliphatic rings. The predicted molar refractivity (Wildman–Crippen MR) is 77.2 cm³/mol. The number of nitrogen functional groups attached to an aromatic ring is 1. The summed E-state index contributed by atoms with van der Waals surface area (Å²) in [6.45, 7) is 5.81. The maximum atomic E-state index is 11.5. The van der Waals surface area contributed by atoms with Crippen LogP contribution in [0.25, 0.3) is 0 Å². The zero-order valence-corrected chi connectivity index (χ0v) is 12.4. The van der Waals surface area contributed by atoms with E-state index in [4.69, 9.17) is 10.3 Å². The molecule has 0 unspecified atom stereocenters. The SMILES string of the molecule is CC(=O)NC1CCN(Cc2cc(C)c(C(=O)NN)o2)CC1. The summed E-state index contributed by atoms with van der Waals surface area (Å²) in [7, 11) is 0. The van der Waals surface area contributed by atoms with Crippen molar-refractivity contribution in [2.24, 2.45) is 5.84 Å². The van der Waals surface area contributed by atoms with E-state index in [2.05, 4.69) is 15.6 Å². The van der Waals surface area contributed by atoms with Crippen molar-refractivity contribution in [1.82, 2.24) is 15.6 Å². The Balaban J connectivity index is 1.89. The lowest BCUT2D eigenvalue weighted by atomic mass is 10.0. The third-order valence-electron chi connectivity index (χ3n) is 3.68. The summed E-state index contributed by atoms with van der Waals surface area (Å²) in [4.78, 5) is 24.8. The molecule has 0 spiro atoms. The number of carbonyl (C=O) groups is 2. The number of amides is 2. The van der Waals surface area contributed by atoms with Gasteiger partial charge in [0.05, 0.1) is 6.54 Å². The fourth-order valence-corrected chi connectivity index (χ4v) is 2.66. The Morgan fingerprint density at radius 3 is 2.67 bits per heavy atom. The number of nitrogens with two attached hydrogens (primary N) is 1. The van der Waals surface area contributed by atoms with Crippen molar-refractivity contribution in [3.05, 3.63) is 23.2 Å². The molecule has 21 heavy (non-hydrogen) atoms. The standard InChI is InChI=1S/C14H22N4O3/c1-9-7-12(21-13(9)14(20)17-15)8-18-5-3-11(4-6-18)16-10(2)19/h7,11H,3-6,8,15H2,1-2H3,(H,16,19)(H,17,20). The zero-order chi connectivity index (χ0) is 15.4. The van der Waals surface area contributed by atoms with Crippen molar-refractivity contribution in [3.63, 3.8) is 0 Å². The van der Waals surface area contributed by atoms with E-state index < -0.39 is 5.91 Å². The van der Waals surface area contributed by atoms with Gasteiger partial charge in [0, 0.05) is 31.6 Å². The maximum Gasteiger partial charge on any atom is 0.301 e. The monoisotopic (exact) mass is 294 g/mol. The lowest BCUT2D eigenvalue weighted by molar-refractivity contribution is -0.120. The molecule has 0 bridgehead atoms. The zero-order valence-electron chi connectivity index (χ0n) is 12.4. The molecular weight excluding hydrogens is 272 g/mol. The van der Waals surface area contributed by atoms with Crippen molar-refractivity contribution >= 4 is 11.8 Å². The van der Waals surface area contributed by atoms with Gasteiger partial charge in [-0.2, -0.15) is 0 Å². The number of hydrogen-bond acceptors (Lipinski definition) is 5. The molecule has 0 saturated carbocycles. The topological polar surface area (TPSA) is 101 Å². The number of hydrazine groups is 1. The molecule has 1 aromatic heterocycles. The predicted octanol–water partition coefficient (Wildman–Crippen LogP) is 0.292. The van der Waals surface area contributed by atoms with E-state index in [0.29, 0.717) is 6.54 Å². The van der Waals surface area contributed by atoms with Crippen LogP contribution in [0.1, 0.15) is 41.6 Å². The van der Waals surface area contributed by atoms with E-state index in [1.165, 1.54) is 0 Å². The number of piperidine rings is 1. The Kier molecular flexibility index (Phi) is 4.98. The largest absolute Gasteiger partial charge is 0.454 e. The highest BCUT2D eigenvalue weighted by molar-refractivity contribution is 5.92. The second-order valence-electron chi connectivity index (χ2n) is 5.45. The van der Waals surface area contributed by atoms with Gasteiger partial charge in [0.1, 0.15) is 5.76 Å².